The summed E-state index contributed by atoms with van der Waals surface area (Å²) in [5.41, 5.74) is 1.83. The Bertz CT molecular complexity index is 330. The monoisotopic (exact) mass is 260 g/mol. The molecule has 16 heavy (non-hydrogen) atoms. The largest absolute Gasteiger partial charge is 0.309 e. The van der Waals surface area contributed by atoms with E-state index >= 15 is 0 Å². The first-order chi connectivity index (χ1) is 7.41. The molecule has 1 N–H and O–H groups in total. The van der Waals surface area contributed by atoms with E-state index in [0.717, 1.165) is 6.54 Å². The molecule has 0 aliphatic rings. The van der Waals surface area contributed by atoms with Gasteiger partial charge in [0.15, 0.2) is 0 Å². The highest BCUT2D eigenvalue weighted by Gasteiger charge is 2.18. The van der Waals surface area contributed by atoms with Crippen molar-refractivity contribution >= 4 is 22.1 Å². The van der Waals surface area contributed by atoms with Gasteiger partial charge < -0.3 is 5.32 Å². The van der Waals surface area contributed by atoms with Gasteiger partial charge in [0.1, 0.15) is 0 Å². The molecule has 0 fully saturated rings. The number of thiazole rings is 1. The molecule has 0 spiro atoms. The van der Waals surface area contributed by atoms with Crippen LogP contribution in [-0.2, 0) is 10.8 Å². The third-order valence-electron chi connectivity index (χ3n) is 2.30. The van der Waals surface area contributed by atoms with Gasteiger partial charge in [-0.2, -0.15) is 0 Å². The van der Waals surface area contributed by atoms with E-state index in [1.165, 1.54) is 4.88 Å². The van der Waals surface area contributed by atoms with Gasteiger partial charge in [-0.15, -0.1) is 11.3 Å². The molecule has 1 aromatic heterocycles. The Kier molecular flexibility index (Phi) is 5.08. The van der Waals surface area contributed by atoms with Crippen LogP contribution in [0, 0.1) is 0 Å². The van der Waals surface area contributed by atoms with Gasteiger partial charge in [-0.05, 0) is 27.7 Å². The minimum Gasteiger partial charge on any atom is -0.309 e. The fourth-order valence-corrected chi connectivity index (χ4v) is 2.78. The van der Waals surface area contributed by atoms with Crippen LogP contribution in [0.2, 0.25) is 0 Å². The molecule has 3 nitrogen and oxygen atoms in total. The van der Waals surface area contributed by atoms with Gasteiger partial charge in [0.05, 0.1) is 5.51 Å². The average molecular weight is 260 g/mol. The second-order valence-corrected chi connectivity index (χ2v) is 7.98. The summed E-state index contributed by atoms with van der Waals surface area (Å²) in [4.78, 5) is 5.27. The second kappa shape index (κ2) is 5.89. The molecule has 0 aromatic carbocycles. The first kappa shape index (κ1) is 13.8. The molecule has 0 amide bonds. The molecule has 0 aliphatic heterocycles. The zero-order chi connectivity index (χ0) is 12.2. The predicted octanol–water partition coefficient (Wildman–Crippen LogP) is 2.34. The van der Waals surface area contributed by atoms with E-state index in [1.807, 2.05) is 32.5 Å². The summed E-state index contributed by atoms with van der Waals surface area (Å²) in [6, 6.07) is 0.296. The molecular formula is C11H20N2OS2. The lowest BCUT2D eigenvalue weighted by atomic mass is 10.3. The Labute approximate surface area is 104 Å². The second-order valence-electron chi connectivity index (χ2n) is 4.74. The van der Waals surface area contributed by atoms with E-state index in [9.17, 15) is 4.21 Å². The van der Waals surface area contributed by atoms with Crippen LogP contribution in [0.3, 0.4) is 0 Å². The van der Waals surface area contributed by atoms with Crippen molar-refractivity contribution in [1.29, 1.82) is 0 Å². The summed E-state index contributed by atoms with van der Waals surface area (Å²) in [5, 5.41) is 3.37. The number of aromatic nitrogens is 1. The SMILES string of the molecule is CC(NCCS(=O)C(C)(C)C)c1cncs1. The van der Waals surface area contributed by atoms with Crippen LogP contribution >= 0.6 is 11.3 Å². The van der Waals surface area contributed by atoms with Crippen molar-refractivity contribution < 1.29 is 4.21 Å². The zero-order valence-corrected chi connectivity index (χ0v) is 12.0. The van der Waals surface area contributed by atoms with E-state index in [2.05, 4.69) is 17.2 Å². The van der Waals surface area contributed by atoms with E-state index < -0.39 is 10.8 Å². The number of hydrogen-bond acceptors (Lipinski definition) is 4. The quantitative estimate of drug-likeness (QED) is 0.883. The predicted molar refractivity (Wildman–Crippen MR) is 71.3 cm³/mol. The van der Waals surface area contributed by atoms with Crippen LogP contribution < -0.4 is 5.32 Å². The summed E-state index contributed by atoms with van der Waals surface area (Å²) in [7, 11) is -0.775. The Hall–Kier alpha value is -0.260. The fourth-order valence-electron chi connectivity index (χ4n) is 1.21. The number of hydrogen-bond donors (Lipinski definition) is 1. The molecule has 1 rings (SSSR count). The van der Waals surface area contributed by atoms with Crippen LogP contribution in [-0.4, -0.2) is 26.2 Å². The van der Waals surface area contributed by atoms with Crippen molar-refractivity contribution in [3.63, 3.8) is 0 Å². The number of nitrogens with one attached hydrogen (secondary N) is 1. The molecule has 2 atom stereocenters. The minimum absolute atomic E-state index is 0.116. The normalized spacial score (nSPS) is 16.0. The lowest BCUT2D eigenvalue weighted by molar-refractivity contribution is 0.597. The summed E-state index contributed by atoms with van der Waals surface area (Å²) >= 11 is 1.65. The van der Waals surface area contributed by atoms with Gasteiger partial charge in [-0.25, -0.2) is 0 Å². The lowest BCUT2D eigenvalue weighted by Crippen LogP contribution is -2.30. The van der Waals surface area contributed by atoms with Crippen LogP contribution in [0.5, 0.6) is 0 Å². The highest BCUT2D eigenvalue weighted by molar-refractivity contribution is 7.86. The number of rotatable bonds is 5. The molecule has 5 heteroatoms. The Morgan fingerprint density at radius 1 is 1.56 bits per heavy atom. The fraction of sp³-hybridized carbons (Fsp3) is 0.727. The maximum Gasteiger partial charge on any atom is 0.0794 e. The highest BCUT2D eigenvalue weighted by Crippen LogP contribution is 2.16. The van der Waals surface area contributed by atoms with Gasteiger partial charge in [-0.3, -0.25) is 9.19 Å². The summed E-state index contributed by atoms with van der Waals surface area (Å²) in [6.45, 7) is 8.91. The van der Waals surface area contributed by atoms with Crippen molar-refractivity contribution in [2.45, 2.75) is 38.5 Å². The molecule has 92 valence electrons. The Balaban J connectivity index is 2.29. The van der Waals surface area contributed by atoms with Crippen LogP contribution in [0.25, 0.3) is 0 Å². The third kappa shape index (κ3) is 4.31. The van der Waals surface area contributed by atoms with E-state index in [0.29, 0.717) is 11.8 Å². The summed E-state index contributed by atoms with van der Waals surface area (Å²) in [5.74, 6) is 0.701. The van der Waals surface area contributed by atoms with Gasteiger partial charge in [0, 0.05) is 45.0 Å². The van der Waals surface area contributed by atoms with E-state index in [-0.39, 0.29) is 4.75 Å². The Morgan fingerprint density at radius 3 is 2.75 bits per heavy atom. The van der Waals surface area contributed by atoms with Crippen molar-refractivity contribution in [3.8, 4) is 0 Å². The molecule has 0 radical (unpaired) electrons. The smallest absolute Gasteiger partial charge is 0.0794 e. The maximum absolute atomic E-state index is 11.8. The standard InChI is InChI=1S/C11H20N2OS2/c1-9(10-7-12-8-15-10)13-5-6-16(14)11(2,3)4/h7-9,13H,5-6H2,1-4H3. The third-order valence-corrected chi connectivity index (χ3v) is 5.20. The van der Waals surface area contributed by atoms with Crippen LogP contribution in [0.1, 0.15) is 38.6 Å². The molecular weight excluding hydrogens is 240 g/mol. The number of nitrogens with zero attached hydrogens (tertiary/aromatic N) is 1. The van der Waals surface area contributed by atoms with E-state index in [4.69, 9.17) is 0 Å². The van der Waals surface area contributed by atoms with Crippen molar-refractivity contribution in [3.05, 3.63) is 16.6 Å². The Morgan fingerprint density at radius 2 is 2.25 bits per heavy atom. The first-order valence-corrected chi connectivity index (χ1v) is 7.61. The van der Waals surface area contributed by atoms with Crippen molar-refractivity contribution in [2.24, 2.45) is 0 Å². The van der Waals surface area contributed by atoms with Gasteiger partial charge in [0.2, 0.25) is 0 Å². The van der Waals surface area contributed by atoms with Gasteiger partial charge >= 0.3 is 0 Å². The minimum atomic E-state index is -0.775. The van der Waals surface area contributed by atoms with Crippen molar-refractivity contribution in [2.75, 3.05) is 12.3 Å². The zero-order valence-electron chi connectivity index (χ0n) is 10.3. The molecule has 2 unspecified atom stereocenters. The van der Waals surface area contributed by atoms with Gasteiger partial charge in [0.25, 0.3) is 0 Å². The molecule has 0 saturated heterocycles. The average Bonchev–Trinajstić information content (AvgIpc) is 2.68. The molecule has 0 bridgehead atoms. The topological polar surface area (TPSA) is 42.0 Å². The first-order valence-electron chi connectivity index (χ1n) is 5.41. The molecule has 0 aliphatic carbocycles. The van der Waals surface area contributed by atoms with Gasteiger partial charge in [-0.1, -0.05) is 0 Å². The molecule has 0 saturated carbocycles. The highest BCUT2D eigenvalue weighted by atomic mass is 32.2. The summed E-state index contributed by atoms with van der Waals surface area (Å²) in [6.07, 6.45) is 1.88. The summed E-state index contributed by atoms with van der Waals surface area (Å²) < 4.78 is 11.7. The maximum atomic E-state index is 11.8. The van der Waals surface area contributed by atoms with Crippen molar-refractivity contribution in [1.82, 2.24) is 10.3 Å². The van der Waals surface area contributed by atoms with Crippen LogP contribution in [0.15, 0.2) is 11.7 Å². The molecule has 1 aromatic rings. The lowest BCUT2D eigenvalue weighted by Gasteiger charge is -2.18. The molecule has 1 heterocycles. The van der Waals surface area contributed by atoms with Crippen LogP contribution in [0.4, 0.5) is 0 Å². The van der Waals surface area contributed by atoms with E-state index in [1.54, 1.807) is 11.3 Å².